The quantitative estimate of drug-likeness (QED) is 0.677. The minimum absolute atomic E-state index is 0.177. The van der Waals surface area contributed by atoms with Gasteiger partial charge in [0.1, 0.15) is 0 Å². The zero-order valence-electron chi connectivity index (χ0n) is 16.0. The second-order valence-electron chi connectivity index (χ2n) is 7.05. The molecule has 1 aliphatic heterocycles. The Bertz CT molecular complexity index is 1080. The van der Waals surface area contributed by atoms with Crippen molar-refractivity contribution in [3.8, 4) is 0 Å². The molecule has 1 aliphatic rings. The van der Waals surface area contributed by atoms with Crippen LogP contribution in [0.25, 0.3) is 0 Å². The van der Waals surface area contributed by atoms with Crippen LogP contribution in [-0.4, -0.2) is 22.6 Å². The molecule has 0 aromatic heterocycles. The normalized spacial score (nSPS) is 13.9. The molecule has 3 aromatic carbocycles. The number of carbonyl (C=O) groups is 3. The maximum atomic E-state index is 12.8. The molecule has 1 unspecified atom stereocenters. The molecule has 29 heavy (non-hydrogen) atoms. The van der Waals surface area contributed by atoms with Crippen molar-refractivity contribution in [2.75, 3.05) is 0 Å². The first kappa shape index (κ1) is 18.6. The Kier molecular flexibility index (Phi) is 4.96. The van der Waals surface area contributed by atoms with Crippen molar-refractivity contribution >= 4 is 17.7 Å². The fourth-order valence-electron chi connectivity index (χ4n) is 3.45. The minimum Gasteiger partial charge on any atom is -0.346 e. The molecular formula is C24H20N2O3. The van der Waals surface area contributed by atoms with Gasteiger partial charge >= 0.3 is 0 Å². The van der Waals surface area contributed by atoms with Crippen molar-refractivity contribution in [1.82, 2.24) is 10.2 Å². The number of imide groups is 1. The first-order valence-corrected chi connectivity index (χ1v) is 9.44. The third-order valence-corrected chi connectivity index (χ3v) is 5.06. The monoisotopic (exact) mass is 384 g/mol. The van der Waals surface area contributed by atoms with Crippen molar-refractivity contribution in [2.45, 2.75) is 19.5 Å². The number of fused-ring (bicyclic) bond motifs is 1. The van der Waals surface area contributed by atoms with Gasteiger partial charge in [0.2, 0.25) is 0 Å². The van der Waals surface area contributed by atoms with Crippen LogP contribution in [0.4, 0.5) is 0 Å². The Hall–Kier alpha value is -3.73. The number of nitrogens with zero attached hydrogens (tertiary/aromatic N) is 1. The number of amides is 3. The van der Waals surface area contributed by atoms with Gasteiger partial charge in [0.15, 0.2) is 0 Å². The van der Waals surface area contributed by atoms with Gasteiger partial charge < -0.3 is 5.32 Å². The Morgan fingerprint density at radius 3 is 2.17 bits per heavy atom. The fraction of sp³-hybridized carbons (Fsp3) is 0.125. The Morgan fingerprint density at radius 1 is 0.862 bits per heavy atom. The van der Waals surface area contributed by atoms with Crippen LogP contribution in [-0.2, 0) is 6.54 Å². The highest BCUT2D eigenvalue weighted by molar-refractivity contribution is 6.22. The van der Waals surface area contributed by atoms with Gasteiger partial charge in [0.25, 0.3) is 17.7 Å². The van der Waals surface area contributed by atoms with E-state index in [4.69, 9.17) is 0 Å². The predicted molar refractivity (Wildman–Crippen MR) is 109 cm³/mol. The van der Waals surface area contributed by atoms with Crippen molar-refractivity contribution in [1.29, 1.82) is 0 Å². The third-order valence-electron chi connectivity index (χ3n) is 5.06. The number of carbonyl (C=O) groups excluding carboxylic acids is 3. The highest BCUT2D eigenvalue weighted by Gasteiger charge is 2.36. The van der Waals surface area contributed by atoms with Crippen LogP contribution < -0.4 is 5.32 Å². The fourth-order valence-corrected chi connectivity index (χ4v) is 3.45. The van der Waals surface area contributed by atoms with E-state index >= 15 is 0 Å². The zero-order chi connectivity index (χ0) is 20.4. The summed E-state index contributed by atoms with van der Waals surface area (Å²) in [6.45, 7) is 2.11. The van der Waals surface area contributed by atoms with Gasteiger partial charge in [-0.15, -0.1) is 0 Å². The largest absolute Gasteiger partial charge is 0.346 e. The number of hydrogen-bond acceptors (Lipinski definition) is 3. The molecule has 0 fully saturated rings. The Balaban J connectivity index is 1.53. The summed E-state index contributed by atoms with van der Waals surface area (Å²) in [4.78, 5) is 39.3. The molecule has 1 heterocycles. The van der Waals surface area contributed by atoms with Gasteiger partial charge in [0.05, 0.1) is 23.7 Å². The predicted octanol–water partition coefficient (Wildman–Crippen LogP) is 3.97. The first-order chi connectivity index (χ1) is 14.0. The maximum absolute atomic E-state index is 12.8. The van der Waals surface area contributed by atoms with Crippen LogP contribution in [0.15, 0.2) is 78.9 Å². The summed E-state index contributed by atoms with van der Waals surface area (Å²) in [5, 5.41) is 2.93. The van der Waals surface area contributed by atoms with Gasteiger partial charge in [-0.25, -0.2) is 0 Å². The Labute approximate surface area is 169 Å². The van der Waals surface area contributed by atoms with Gasteiger partial charge in [0, 0.05) is 5.56 Å². The topological polar surface area (TPSA) is 66.5 Å². The molecule has 0 saturated carbocycles. The molecule has 5 nitrogen and oxygen atoms in total. The minimum atomic E-state index is -0.375. The number of nitrogens with one attached hydrogen (secondary N) is 1. The molecule has 1 N–H and O–H groups in total. The standard InChI is InChI=1S/C24H20N2O3/c1-16(18-10-6-3-7-11-18)25-22(27)19-12-13-20-21(14-19)24(29)26(23(20)28)15-17-8-4-2-5-9-17/h2-14,16H,15H2,1H3,(H,25,27). The zero-order valence-corrected chi connectivity index (χ0v) is 16.0. The maximum Gasteiger partial charge on any atom is 0.261 e. The van der Waals surface area contributed by atoms with E-state index < -0.39 is 0 Å². The molecule has 0 bridgehead atoms. The van der Waals surface area contributed by atoms with Crippen molar-refractivity contribution in [3.63, 3.8) is 0 Å². The molecule has 0 saturated heterocycles. The van der Waals surface area contributed by atoms with Crippen molar-refractivity contribution in [3.05, 3.63) is 107 Å². The molecule has 4 rings (SSSR count). The lowest BCUT2D eigenvalue weighted by atomic mass is 10.0. The van der Waals surface area contributed by atoms with E-state index in [-0.39, 0.29) is 35.9 Å². The summed E-state index contributed by atoms with van der Waals surface area (Å²) in [7, 11) is 0. The van der Waals surface area contributed by atoms with Crippen LogP contribution >= 0.6 is 0 Å². The molecular weight excluding hydrogens is 364 g/mol. The average Bonchev–Trinajstić information content (AvgIpc) is 2.99. The number of hydrogen-bond donors (Lipinski definition) is 1. The molecule has 0 spiro atoms. The van der Waals surface area contributed by atoms with Crippen molar-refractivity contribution in [2.24, 2.45) is 0 Å². The molecule has 5 heteroatoms. The molecule has 144 valence electrons. The summed E-state index contributed by atoms with van der Waals surface area (Å²) in [5.74, 6) is -0.996. The van der Waals surface area contributed by atoms with E-state index in [0.717, 1.165) is 11.1 Å². The number of rotatable bonds is 5. The van der Waals surface area contributed by atoms with Crippen LogP contribution in [0.1, 0.15) is 55.2 Å². The lowest BCUT2D eigenvalue weighted by Crippen LogP contribution is -2.29. The van der Waals surface area contributed by atoms with E-state index in [1.165, 1.54) is 11.0 Å². The summed E-state index contributed by atoms with van der Waals surface area (Å²) >= 11 is 0. The summed E-state index contributed by atoms with van der Waals surface area (Å²) in [6, 6.07) is 23.5. The van der Waals surface area contributed by atoms with E-state index in [1.807, 2.05) is 67.6 Å². The van der Waals surface area contributed by atoms with Crippen LogP contribution in [0.3, 0.4) is 0 Å². The Morgan fingerprint density at radius 2 is 1.48 bits per heavy atom. The van der Waals surface area contributed by atoms with Crippen LogP contribution in [0, 0.1) is 0 Å². The van der Waals surface area contributed by atoms with Crippen LogP contribution in [0.5, 0.6) is 0 Å². The summed E-state index contributed by atoms with van der Waals surface area (Å²) < 4.78 is 0. The number of benzene rings is 3. The van der Waals surface area contributed by atoms with Gasteiger partial charge in [-0.3, -0.25) is 19.3 Å². The van der Waals surface area contributed by atoms with E-state index in [1.54, 1.807) is 12.1 Å². The molecule has 3 amide bonds. The highest BCUT2D eigenvalue weighted by atomic mass is 16.2. The smallest absolute Gasteiger partial charge is 0.261 e. The lowest BCUT2D eigenvalue weighted by Gasteiger charge is -2.14. The molecule has 0 aliphatic carbocycles. The first-order valence-electron chi connectivity index (χ1n) is 9.44. The van der Waals surface area contributed by atoms with Gasteiger partial charge in [-0.2, -0.15) is 0 Å². The van der Waals surface area contributed by atoms with Gasteiger partial charge in [-0.05, 0) is 36.2 Å². The SMILES string of the molecule is CC(NC(=O)c1ccc2c(c1)C(=O)N(Cc1ccccc1)C2=O)c1ccccc1. The average molecular weight is 384 g/mol. The molecule has 1 atom stereocenters. The van der Waals surface area contributed by atoms with Crippen molar-refractivity contribution < 1.29 is 14.4 Å². The molecule has 3 aromatic rings. The summed E-state index contributed by atoms with van der Waals surface area (Å²) in [5.41, 5.74) is 2.82. The molecule has 0 radical (unpaired) electrons. The van der Waals surface area contributed by atoms with Crippen LogP contribution in [0.2, 0.25) is 0 Å². The summed E-state index contributed by atoms with van der Waals surface area (Å²) in [6.07, 6.45) is 0. The highest BCUT2D eigenvalue weighted by Crippen LogP contribution is 2.26. The van der Waals surface area contributed by atoms with E-state index in [0.29, 0.717) is 11.1 Å². The van der Waals surface area contributed by atoms with Gasteiger partial charge in [-0.1, -0.05) is 60.7 Å². The second kappa shape index (κ2) is 7.72. The van der Waals surface area contributed by atoms with E-state index in [9.17, 15) is 14.4 Å². The lowest BCUT2D eigenvalue weighted by molar-refractivity contribution is 0.0642. The second-order valence-corrected chi connectivity index (χ2v) is 7.05. The third kappa shape index (κ3) is 3.67. The van der Waals surface area contributed by atoms with E-state index in [2.05, 4.69) is 5.32 Å².